The van der Waals surface area contributed by atoms with Crippen LogP contribution in [0.25, 0.3) is 0 Å². The lowest BCUT2D eigenvalue weighted by molar-refractivity contribution is -0.167. The summed E-state index contributed by atoms with van der Waals surface area (Å²) in [6, 6.07) is 0. The largest absolute Gasteiger partial charge is 0.462 e. The van der Waals surface area contributed by atoms with Gasteiger partial charge in [-0.1, -0.05) is 372 Å². The van der Waals surface area contributed by atoms with Crippen molar-refractivity contribution >= 4 is 17.9 Å². The molecule has 0 aromatic carbocycles. The van der Waals surface area contributed by atoms with E-state index in [1.165, 1.54) is 302 Å². The molecule has 0 aliphatic rings. The van der Waals surface area contributed by atoms with E-state index in [1.54, 1.807) is 0 Å². The highest BCUT2D eigenvalue weighted by Gasteiger charge is 2.20. The number of hydrogen-bond donors (Lipinski definition) is 0. The number of esters is 3. The van der Waals surface area contributed by atoms with E-state index in [9.17, 15) is 14.4 Å². The van der Waals surface area contributed by atoms with E-state index in [2.05, 4.69) is 57.2 Å². The molecule has 0 bridgehead atoms. The topological polar surface area (TPSA) is 78.9 Å². The molecule has 0 saturated carbocycles. The summed E-state index contributed by atoms with van der Waals surface area (Å²) in [5.41, 5.74) is 0. The Balaban J connectivity index is 4.11. The lowest BCUT2D eigenvalue weighted by atomic mass is 10.0. The molecule has 1 atom stereocenters. The third-order valence-corrected chi connectivity index (χ3v) is 16.9. The van der Waals surface area contributed by atoms with Crippen molar-refractivity contribution in [2.75, 3.05) is 13.2 Å². The quantitative estimate of drug-likeness (QED) is 0.0261. The van der Waals surface area contributed by atoms with Gasteiger partial charge in [-0.2, -0.15) is 0 Å². The van der Waals surface area contributed by atoms with Crippen molar-refractivity contribution in [1.82, 2.24) is 0 Å². The van der Waals surface area contributed by atoms with Crippen molar-refractivity contribution in [3.63, 3.8) is 0 Å². The van der Waals surface area contributed by atoms with Gasteiger partial charge in [-0.25, -0.2) is 0 Å². The third kappa shape index (κ3) is 68.4. The summed E-state index contributed by atoms with van der Waals surface area (Å²) in [6.45, 7) is 6.70. The molecular formula is C76H142O6. The molecule has 82 heavy (non-hydrogen) atoms. The second kappa shape index (κ2) is 71.1. The fraction of sp³-hybridized carbons (Fsp3) is 0.882. The average molecular weight is 1150 g/mol. The van der Waals surface area contributed by atoms with Gasteiger partial charge in [0, 0.05) is 19.3 Å². The van der Waals surface area contributed by atoms with Crippen LogP contribution in [0.1, 0.15) is 412 Å². The predicted molar refractivity (Wildman–Crippen MR) is 358 cm³/mol. The summed E-state index contributed by atoms with van der Waals surface area (Å²) in [5.74, 6) is -0.831. The molecule has 1 unspecified atom stereocenters. The molecule has 0 aliphatic heterocycles. The van der Waals surface area contributed by atoms with Crippen LogP contribution >= 0.6 is 0 Å². The van der Waals surface area contributed by atoms with Gasteiger partial charge in [0.2, 0.25) is 0 Å². The van der Waals surface area contributed by atoms with E-state index < -0.39 is 6.10 Å². The third-order valence-electron chi connectivity index (χ3n) is 16.9. The minimum Gasteiger partial charge on any atom is -0.462 e. The first-order valence-electron chi connectivity index (χ1n) is 37.0. The highest BCUT2D eigenvalue weighted by molar-refractivity contribution is 5.71. The molecule has 0 heterocycles. The monoisotopic (exact) mass is 1150 g/mol. The zero-order valence-corrected chi connectivity index (χ0v) is 55.5. The van der Waals surface area contributed by atoms with Gasteiger partial charge in [-0.15, -0.1) is 0 Å². The Morgan fingerprint density at radius 3 is 0.683 bits per heavy atom. The molecule has 0 fully saturated rings. The number of carbonyl (C=O) groups is 3. The Morgan fingerprint density at radius 2 is 0.439 bits per heavy atom. The van der Waals surface area contributed by atoms with Crippen molar-refractivity contribution in [3.05, 3.63) is 36.5 Å². The number of hydrogen-bond acceptors (Lipinski definition) is 6. The number of unbranched alkanes of at least 4 members (excludes halogenated alkanes) is 52. The fourth-order valence-electron chi connectivity index (χ4n) is 11.3. The van der Waals surface area contributed by atoms with E-state index in [-0.39, 0.29) is 31.1 Å². The van der Waals surface area contributed by atoms with Crippen LogP contribution in [0.5, 0.6) is 0 Å². The second-order valence-corrected chi connectivity index (χ2v) is 25.2. The van der Waals surface area contributed by atoms with Crippen LogP contribution < -0.4 is 0 Å². The van der Waals surface area contributed by atoms with Crippen molar-refractivity contribution in [2.24, 2.45) is 0 Å². The summed E-state index contributed by atoms with van der Waals surface area (Å²) in [6.07, 6.45) is 89.1. The molecule has 0 aromatic rings. The van der Waals surface area contributed by atoms with E-state index in [0.29, 0.717) is 19.3 Å². The van der Waals surface area contributed by atoms with Gasteiger partial charge < -0.3 is 14.2 Å². The van der Waals surface area contributed by atoms with Crippen molar-refractivity contribution in [2.45, 2.75) is 419 Å². The van der Waals surface area contributed by atoms with Crippen LogP contribution in [0.15, 0.2) is 36.5 Å². The van der Waals surface area contributed by atoms with Crippen LogP contribution in [-0.2, 0) is 28.6 Å². The summed E-state index contributed by atoms with van der Waals surface area (Å²) in [5, 5.41) is 0. The van der Waals surface area contributed by atoms with E-state index in [4.69, 9.17) is 14.2 Å². The molecule has 0 aromatic heterocycles. The summed E-state index contributed by atoms with van der Waals surface area (Å²) < 4.78 is 17.0. The lowest BCUT2D eigenvalue weighted by Gasteiger charge is -2.18. The van der Waals surface area contributed by atoms with Gasteiger partial charge in [0.15, 0.2) is 6.10 Å². The maximum absolute atomic E-state index is 12.9. The Labute approximate surface area is 512 Å². The standard InChI is InChI=1S/C76H142O6/c1-4-7-10-13-16-19-22-25-27-29-31-32-33-34-35-36-37-38-39-40-41-42-43-44-46-47-49-51-54-57-60-63-66-69-75(78)81-72-73(71-80-74(77)68-65-62-59-56-53-24-21-18-15-12-9-6-3)82-76(79)70-67-64-61-58-55-52-50-48-45-30-28-26-23-20-17-14-11-8-5-2/h22,25,29,31,33-34,73H,4-21,23-24,26-28,30,32,35-72H2,1-3H3/b25-22-,31-29-,34-33-. The highest BCUT2D eigenvalue weighted by atomic mass is 16.6. The van der Waals surface area contributed by atoms with Crippen molar-refractivity contribution in [1.29, 1.82) is 0 Å². The molecule has 0 amide bonds. The molecule has 0 N–H and O–H groups in total. The SMILES string of the molecule is CCCCCCC/C=C\C/C=C\C/C=C\CCCCCCCCCCCCCCCCCCCCC(=O)OCC(COC(=O)CCCCCCCCCCCCCC)OC(=O)CCCCCCCCCCCCCCCCCCCCC. The maximum atomic E-state index is 12.9. The summed E-state index contributed by atoms with van der Waals surface area (Å²) in [7, 11) is 0. The maximum Gasteiger partial charge on any atom is 0.306 e. The Bertz CT molecular complexity index is 1370. The normalized spacial score (nSPS) is 12.2. The van der Waals surface area contributed by atoms with Crippen molar-refractivity contribution in [3.8, 4) is 0 Å². The first kappa shape index (κ1) is 79.6. The van der Waals surface area contributed by atoms with Gasteiger partial charge in [-0.05, 0) is 57.8 Å². The molecule has 0 saturated heterocycles. The molecule has 6 heteroatoms. The Hall–Kier alpha value is -2.37. The molecule has 0 rings (SSSR count). The van der Waals surface area contributed by atoms with Gasteiger partial charge in [0.05, 0.1) is 0 Å². The molecule has 0 aliphatic carbocycles. The Morgan fingerprint density at radius 1 is 0.244 bits per heavy atom. The molecule has 0 spiro atoms. The van der Waals surface area contributed by atoms with E-state index in [1.807, 2.05) is 0 Å². The first-order chi connectivity index (χ1) is 40.5. The van der Waals surface area contributed by atoms with Gasteiger partial charge in [0.1, 0.15) is 13.2 Å². The van der Waals surface area contributed by atoms with Gasteiger partial charge >= 0.3 is 17.9 Å². The first-order valence-corrected chi connectivity index (χ1v) is 37.0. The van der Waals surface area contributed by atoms with Crippen LogP contribution in [-0.4, -0.2) is 37.2 Å². The summed E-state index contributed by atoms with van der Waals surface area (Å²) in [4.78, 5) is 38.4. The number of carbonyl (C=O) groups excluding carboxylic acids is 3. The van der Waals surface area contributed by atoms with E-state index >= 15 is 0 Å². The molecule has 482 valence electrons. The zero-order chi connectivity index (χ0) is 59.2. The molecule has 0 radical (unpaired) electrons. The van der Waals surface area contributed by atoms with Crippen molar-refractivity contribution < 1.29 is 28.6 Å². The van der Waals surface area contributed by atoms with Crippen LogP contribution in [0.2, 0.25) is 0 Å². The number of rotatable bonds is 69. The second-order valence-electron chi connectivity index (χ2n) is 25.2. The van der Waals surface area contributed by atoms with Crippen LogP contribution in [0, 0.1) is 0 Å². The zero-order valence-electron chi connectivity index (χ0n) is 55.5. The smallest absolute Gasteiger partial charge is 0.306 e. The Kier molecular flexibility index (Phi) is 69.1. The predicted octanol–water partition coefficient (Wildman–Crippen LogP) is 25.5. The van der Waals surface area contributed by atoms with E-state index in [0.717, 1.165) is 70.6 Å². The van der Waals surface area contributed by atoms with Crippen LogP contribution in [0.4, 0.5) is 0 Å². The fourth-order valence-corrected chi connectivity index (χ4v) is 11.3. The highest BCUT2D eigenvalue weighted by Crippen LogP contribution is 2.19. The summed E-state index contributed by atoms with van der Waals surface area (Å²) >= 11 is 0. The molecular weight excluding hydrogens is 1010 g/mol. The number of allylic oxidation sites excluding steroid dienone is 6. The molecule has 6 nitrogen and oxygen atoms in total. The minimum atomic E-state index is -0.767. The van der Waals surface area contributed by atoms with Gasteiger partial charge in [-0.3, -0.25) is 14.4 Å². The lowest BCUT2D eigenvalue weighted by Crippen LogP contribution is -2.30. The number of ether oxygens (including phenoxy) is 3. The van der Waals surface area contributed by atoms with Crippen LogP contribution in [0.3, 0.4) is 0 Å². The minimum absolute atomic E-state index is 0.0641. The average Bonchev–Trinajstić information content (AvgIpc) is 3.47. The van der Waals surface area contributed by atoms with Gasteiger partial charge in [0.25, 0.3) is 0 Å².